The molecule has 1 unspecified atom stereocenters. The molecule has 24 heavy (non-hydrogen) atoms. The molecule has 3 rings (SSSR count). The maximum atomic E-state index is 5.79. The zero-order valence-electron chi connectivity index (χ0n) is 14.8. The second-order valence-electron chi connectivity index (χ2n) is 6.51. The predicted octanol–water partition coefficient (Wildman–Crippen LogP) is 4.63. The number of aryl methyl sites for hydroxylation is 1. The Morgan fingerprint density at radius 3 is 2.92 bits per heavy atom. The van der Waals surface area contributed by atoms with Gasteiger partial charge in [0.25, 0.3) is 0 Å². The number of fused-ring (bicyclic) bond motifs is 1. The van der Waals surface area contributed by atoms with Crippen molar-refractivity contribution >= 4 is 11.8 Å². The number of hydrogen-bond donors (Lipinski definition) is 0. The van der Waals surface area contributed by atoms with Crippen molar-refractivity contribution in [3.63, 3.8) is 0 Å². The summed E-state index contributed by atoms with van der Waals surface area (Å²) in [5.41, 5.74) is 4.43. The molecule has 0 saturated carbocycles. The van der Waals surface area contributed by atoms with E-state index in [0.717, 1.165) is 52.9 Å². The third-order valence-corrected chi connectivity index (χ3v) is 5.24. The fraction of sp³-hybridized carbons (Fsp3) is 0.526. The van der Waals surface area contributed by atoms with Gasteiger partial charge in [-0.25, -0.2) is 0 Å². The molecule has 1 aliphatic rings. The van der Waals surface area contributed by atoms with Crippen LogP contribution in [0.4, 0.5) is 0 Å². The molecule has 1 atom stereocenters. The van der Waals surface area contributed by atoms with Gasteiger partial charge in [-0.2, -0.15) is 11.8 Å². The van der Waals surface area contributed by atoms with Gasteiger partial charge in [0.1, 0.15) is 5.75 Å². The normalized spacial score (nSPS) is 14.7. The molecule has 0 amide bonds. The number of nitrogens with zero attached hydrogens (tertiary/aromatic N) is 1. The van der Waals surface area contributed by atoms with Crippen LogP contribution in [0.15, 0.2) is 22.7 Å². The van der Waals surface area contributed by atoms with Crippen molar-refractivity contribution in [3.05, 3.63) is 35.0 Å². The summed E-state index contributed by atoms with van der Waals surface area (Å²) in [5.74, 6) is 3.65. The van der Waals surface area contributed by atoms with Gasteiger partial charge in [-0.3, -0.25) is 0 Å². The summed E-state index contributed by atoms with van der Waals surface area (Å²) in [6, 6.07) is 6.30. The van der Waals surface area contributed by atoms with E-state index in [4.69, 9.17) is 14.0 Å². The van der Waals surface area contributed by atoms with E-state index in [2.05, 4.69) is 44.1 Å². The Morgan fingerprint density at radius 2 is 2.12 bits per heavy atom. The van der Waals surface area contributed by atoms with Crippen molar-refractivity contribution in [2.24, 2.45) is 0 Å². The quantitative estimate of drug-likeness (QED) is 0.730. The van der Waals surface area contributed by atoms with Gasteiger partial charge in [0, 0.05) is 29.1 Å². The third kappa shape index (κ3) is 3.95. The van der Waals surface area contributed by atoms with Gasteiger partial charge in [-0.15, -0.1) is 0 Å². The number of ether oxygens (including phenoxy) is 2. The third-order valence-electron chi connectivity index (χ3n) is 4.05. The summed E-state index contributed by atoms with van der Waals surface area (Å²) in [5, 5.41) is 4.17. The molecule has 5 heteroatoms. The van der Waals surface area contributed by atoms with E-state index >= 15 is 0 Å². The fourth-order valence-electron chi connectivity index (χ4n) is 2.92. The topological polar surface area (TPSA) is 44.5 Å². The Bertz CT molecular complexity index is 696. The van der Waals surface area contributed by atoms with Crippen molar-refractivity contribution in [1.29, 1.82) is 0 Å². The lowest BCUT2D eigenvalue weighted by molar-refractivity contribution is 0.0327. The maximum absolute atomic E-state index is 5.79. The molecule has 0 saturated heterocycles. The Labute approximate surface area is 147 Å². The summed E-state index contributed by atoms with van der Waals surface area (Å²) < 4.78 is 17.1. The summed E-state index contributed by atoms with van der Waals surface area (Å²) >= 11 is 1.85. The molecular weight excluding hydrogens is 322 g/mol. The van der Waals surface area contributed by atoms with Gasteiger partial charge in [-0.05, 0) is 39.3 Å². The van der Waals surface area contributed by atoms with Crippen LogP contribution in [0.5, 0.6) is 5.75 Å². The molecule has 130 valence electrons. The Balaban J connectivity index is 1.70. The number of aromatic nitrogens is 1. The molecule has 0 radical (unpaired) electrons. The SMILES string of the molecule is Cc1noc(-c2ccc3c(c2)OCC3)c1CSCC(C)OC(C)C. The Hall–Kier alpha value is -1.46. The van der Waals surface area contributed by atoms with Gasteiger partial charge in [-0.1, -0.05) is 17.3 Å². The summed E-state index contributed by atoms with van der Waals surface area (Å²) in [6.07, 6.45) is 1.49. The predicted molar refractivity (Wildman–Crippen MR) is 97.7 cm³/mol. The molecule has 1 aromatic carbocycles. The van der Waals surface area contributed by atoms with E-state index in [-0.39, 0.29) is 12.2 Å². The van der Waals surface area contributed by atoms with Gasteiger partial charge in [0.2, 0.25) is 0 Å². The van der Waals surface area contributed by atoms with Crippen LogP contribution in [0.1, 0.15) is 37.6 Å². The summed E-state index contributed by atoms with van der Waals surface area (Å²) in [6.45, 7) is 9.02. The first-order chi connectivity index (χ1) is 11.5. The van der Waals surface area contributed by atoms with E-state index in [9.17, 15) is 0 Å². The lowest BCUT2D eigenvalue weighted by atomic mass is 10.0. The molecule has 0 N–H and O–H groups in total. The highest BCUT2D eigenvalue weighted by Gasteiger charge is 2.19. The van der Waals surface area contributed by atoms with Gasteiger partial charge in [0.05, 0.1) is 24.5 Å². The number of hydrogen-bond acceptors (Lipinski definition) is 5. The summed E-state index contributed by atoms with van der Waals surface area (Å²) in [4.78, 5) is 0. The monoisotopic (exact) mass is 347 g/mol. The van der Waals surface area contributed by atoms with Crippen LogP contribution in [-0.2, 0) is 16.9 Å². The van der Waals surface area contributed by atoms with Crippen LogP contribution < -0.4 is 4.74 Å². The molecule has 0 spiro atoms. The molecule has 4 nitrogen and oxygen atoms in total. The van der Waals surface area contributed by atoms with Crippen molar-refractivity contribution in [1.82, 2.24) is 5.16 Å². The van der Waals surface area contributed by atoms with Crippen molar-refractivity contribution in [2.75, 3.05) is 12.4 Å². The smallest absolute Gasteiger partial charge is 0.171 e. The van der Waals surface area contributed by atoms with Crippen LogP contribution in [0, 0.1) is 6.92 Å². The zero-order valence-corrected chi connectivity index (χ0v) is 15.6. The average molecular weight is 347 g/mol. The first-order valence-corrected chi connectivity index (χ1v) is 9.64. The van der Waals surface area contributed by atoms with E-state index in [1.807, 2.05) is 18.7 Å². The second kappa shape index (κ2) is 7.62. The van der Waals surface area contributed by atoms with E-state index in [0.29, 0.717) is 0 Å². The molecule has 0 bridgehead atoms. The molecule has 0 aliphatic carbocycles. The highest BCUT2D eigenvalue weighted by Crippen LogP contribution is 2.34. The zero-order chi connectivity index (χ0) is 17.1. The number of benzene rings is 1. The van der Waals surface area contributed by atoms with Crippen molar-refractivity contribution in [3.8, 4) is 17.1 Å². The number of rotatable bonds is 7. The highest BCUT2D eigenvalue weighted by atomic mass is 32.2. The molecule has 0 fully saturated rings. The molecule has 2 aromatic rings. The molecule has 1 aromatic heterocycles. The minimum Gasteiger partial charge on any atom is -0.493 e. The highest BCUT2D eigenvalue weighted by molar-refractivity contribution is 7.98. The first kappa shape index (κ1) is 17.4. The van der Waals surface area contributed by atoms with E-state index in [1.54, 1.807) is 0 Å². The van der Waals surface area contributed by atoms with Crippen LogP contribution in [0.25, 0.3) is 11.3 Å². The van der Waals surface area contributed by atoms with Gasteiger partial charge >= 0.3 is 0 Å². The molecular formula is C19H25NO3S. The van der Waals surface area contributed by atoms with Crippen molar-refractivity contribution in [2.45, 2.75) is 52.1 Å². The van der Waals surface area contributed by atoms with Gasteiger partial charge in [0.15, 0.2) is 5.76 Å². The van der Waals surface area contributed by atoms with Crippen LogP contribution >= 0.6 is 11.8 Å². The minimum absolute atomic E-state index is 0.243. The Morgan fingerprint density at radius 1 is 1.29 bits per heavy atom. The Kier molecular flexibility index (Phi) is 5.51. The lowest BCUT2D eigenvalue weighted by Gasteiger charge is -2.15. The lowest BCUT2D eigenvalue weighted by Crippen LogP contribution is -2.16. The van der Waals surface area contributed by atoms with E-state index in [1.165, 1.54) is 5.56 Å². The number of thioether (sulfide) groups is 1. The molecule has 1 aliphatic heterocycles. The summed E-state index contributed by atoms with van der Waals surface area (Å²) in [7, 11) is 0. The van der Waals surface area contributed by atoms with Crippen LogP contribution in [0.2, 0.25) is 0 Å². The largest absolute Gasteiger partial charge is 0.493 e. The second-order valence-corrected chi connectivity index (χ2v) is 7.54. The van der Waals surface area contributed by atoms with Crippen LogP contribution in [-0.4, -0.2) is 29.7 Å². The minimum atomic E-state index is 0.243. The van der Waals surface area contributed by atoms with E-state index < -0.39 is 0 Å². The van der Waals surface area contributed by atoms with Crippen LogP contribution in [0.3, 0.4) is 0 Å². The first-order valence-electron chi connectivity index (χ1n) is 8.49. The van der Waals surface area contributed by atoms with Gasteiger partial charge < -0.3 is 14.0 Å². The standard InChI is InChI=1S/C19H25NO3S/c1-12(2)22-13(3)10-24-11-17-14(4)20-23-19(17)16-6-5-15-7-8-21-18(15)9-16/h5-6,9,12-13H,7-8,10-11H2,1-4H3. The maximum Gasteiger partial charge on any atom is 0.171 e. The van der Waals surface area contributed by atoms with Crippen molar-refractivity contribution < 1.29 is 14.0 Å². The fourth-order valence-corrected chi connectivity index (χ4v) is 4.00. The molecule has 2 heterocycles. The average Bonchev–Trinajstić information content (AvgIpc) is 3.13.